The summed E-state index contributed by atoms with van der Waals surface area (Å²) in [5.41, 5.74) is 0.706. The lowest BCUT2D eigenvalue weighted by Crippen LogP contribution is -2.53. The summed E-state index contributed by atoms with van der Waals surface area (Å²) >= 11 is 0. The first-order valence-electron chi connectivity index (χ1n) is 9.93. The fraction of sp³-hybridized carbons (Fsp3) is 0.619. The molecule has 2 amide bonds. The van der Waals surface area contributed by atoms with Crippen molar-refractivity contribution >= 4 is 11.8 Å². The number of benzene rings is 1. The standard InChI is InChI=1S/C21H31N3O2/c1-16-8-12-24(13-9-16)21(26)17(2)23-14-10-19(11-15-23)22-20(25)18-6-4-3-5-7-18/h3-7,16-17,19H,8-15H2,1-2H3,(H,22,25). The van der Waals surface area contributed by atoms with Gasteiger partial charge in [0.2, 0.25) is 5.91 Å². The summed E-state index contributed by atoms with van der Waals surface area (Å²) in [5, 5.41) is 3.13. The van der Waals surface area contributed by atoms with Crippen molar-refractivity contribution in [2.24, 2.45) is 5.92 Å². The number of nitrogens with one attached hydrogen (secondary N) is 1. The molecule has 0 saturated carbocycles. The van der Waals surface area contributed by atoms with Gasteiger partial charge in [0.1, 0.15) is 0 Å². The number of rotatable bonds is 4. The summed E-state index contributed by atoms with van der Waals surface area (Å²) in [4.78, 5) is 29.4. The Morgan fingerprint density at radius 3 is 2.23 bits per heavy atom. The first-order chi connectivity index (χ1) is 12.5. The average molecular weight is 357 g/mol. The molecule has 0 aliphatic carbocycles. The highest BCUT2D eigenvalue weighted by Crippen LogP contribution is 2.20. The fourth-order valence-corrected chi connectivity index (χ4v) is 3.94. The van der Waals surface area contributed by atoms with E-state index in [9.17, 15) is 9.59 Å². The quantitative estimate of drug-likeness (QED) is 0.901. The Labute approximate surface area is 156 Å². The lowest BCUT2D eigenvalue weighted by Gasteiger charge is -2.39. The highest BCUT2D eigenvalue weighted by Gasteiger charge is 2.31. The monoisotopic (exact) mass is 357 g/mol. The molecule has 1 atom stereocenters. The molecule has 5 nitrogen and oxygen atoms in total. The smallest absolute Gasteiger partial charge is 0.251 e. The predicted molar refractivity (Wildman–Crippen MR) is 103 cm³/mol. The van der Waals surface area contributed by atoms with E-state index in [4.69, 9.17) is 0 Å². The number of carbonyl (C=O) groups excluding carboxylic acids is 2. The molecule has 1 aromatic carbocycles. The lowest BCUT2D eigenvalue weighted by molar-refractivity contribution is -0.138. The average Bonchev–Trinajstić information content (AvgIpc) is 2.69. The van der Waals surface area contributed by atoms with E-state index in [0.717, 1.165) is 57.8 Å². The van der Waals surface area contributed by atoms with Gasteiger partial charge < -0.3 is 10.2 Å². The van der Waals surface area contributed by atoms with Crippen LogP contribution >= 0.6 is 0 Å². The normalized spacial score (nSPS) is 21.4. The molecular formula is C21H31N3O2. The van der Waals surface area contributed by atoms with E-state index in [1.807, 2.05) is 42.2 Å². The van der Waals surface area contributed by atoms with Crippen LogP contribution in [0.5, 0.6) is 0 Å². The third kappa shape index (κ3) is 4.64. The van der Waals surface area contributed by atoms with Crippen LogP contribution in [0.25, 0.3) is 0 Å². The molecule has 1 aromatic rings. The number of likely N-dealkylation sites (tertiary alicyclic amines) is 2. The predicted octanol–water partition coefficient (Wildman–Crippen LogP) is 2.53. The number of carbonyl (C=O) groups is 2. The molecule has 1 N–H and O–H groups in total. The van der Waals surface area contributed by atoms with E-state index in [1.165, 1.54) is 0 Å². The molecule has 2 saturated heterocycles. The first kappa shape index (κ1) is 18.9. The minimum Gasteiger partial charge on any atom is -0.349 e. The number of piperidine rings is 2. The van der Waals surface area contributed by atoms with Gasteiger partial charge in [0.05, 0.1) is 6.04 Å². The maximum Gasteiger partial charge on any atom is 0.251 e. The first-order valence-corrected chi connectivity index (χ1v) is 9.93. The molecule has 2 heterocycles. The van der Waals surface area contributed by atoms with E-state index in [0.29, 0.717) is 5.56 Å². The minimum absolute atomic E-state index is 0.00406. The van der Waals surface area contributed by atoms with Crippen LogP contribution in [0.3, 0.4) is 0 Å². The number of nitrogens with zero attached hydrogens (tertiary/aromatic N) is 2. The van der Waals surface area contributed by atoms with Crippen molar-refractivity contribution in [3.05, 3.63) is 35.9 Å². The number of amides is 2. The third-order valence-electron chi connectivity index (χ3n) is 5.90. The molecule has 1 unspecified atom stereocenters. The van der Waals surface area contributed by atoms with Crippen LogP contribution in [0, 0.1) is 5.92 Å². The highest BCUT2D eigenvalue weighted by atomic mass is 16.2. The molecule has 2 fully saturated rings. The Kier molecular flexibility index (Phi) is 6.30. The van der Waals surface area contributed by atoms with E-state index in [1.54, 1.807) is 0 Å². The van der Waals surface area contributed by atoms with Gasteiger partial charge in [0.15, 0.2) is 0 Å². The number of hydrogen-bond acceptors (Lipinski definition) is 3. The summed E-state index contributed by atoms with van der Waals surface area (Å²) in [6.45, 7) is 7.80. The molecule has 26 heavy (non-hydrogen) atoms. The van der Waals surface area contributed by atoms with Crippen LogP contribution in [0.4, 0.5) is 0 Å². The van der Waals surface area contributed by atoms with Gasteiger partial charge in [-0.3, -0.25) is 14.5 Å². The maximum absolute atomic E-state index is 12.8. The van der Waals surface area contributed by atoms with Crippen molar-refractivity contribution in [1.29, 1.82) is 0 Å². The van der Waals surface area contributed by atoms with Gasteiger partial charge in [-0.25, -0.2) is 0 Å². The van der Waals surface area contributed by atoms with Gasteiger partial charge in [0.25, 0.3) is 5.91 Å². The van der Waals surface area contributed by atoms with Gasteiger partial charge in [-0.2, -0.15) is 0 Å². The molecule has 5 heteroatoms. The van der Waals surface area contributed by atoms with Gasteiger partial charge >= 0.3 is 0 Å². The van der Waals surface area contributed by atoms with E-state index < -0.39 is 0 Å². The van der Waals surface area contributed by atoms with E-state index >= 15 is 0 Å². The second kappa shape index (κ2) is 8.67. The van der Waals surface area contributed by atoms with Crippen molar-refractivity contribution in [2.75, 3.05) is 26.2 Å². The molecule has 3 rings (SSSR count). The number of hydrogen-bond donors (Lipinski definition) is 1. The zero-order chi connectivity index (χ0) is 18.5. The summed E-state index contributed by atoms with van der Waals surface area (Å²) < 4.78 is 0. The second-order valence-electron chi connectivity index (χ2n) is 7.83. The Morgan fingerprint density at radius 2 is 1.62 bits per heavy atom. The van der Waals surface area contributed by atoms with E-state index in [-0.39, 0.29) is 23.9 Å². The molecule has 0 aromatic heterocycles. The van der Waals surface area contributed by atoms with Crippen LogP contribution < -0.4 is 5.32 Å². The molecule has 142 valence electrons. The maximum atomic E-state index is 12.8. The van der Waals surface area contributed by atoms with Crippen LogP contribution in [0.2, 0.25) is 0 Å². The zero-order valence-electron chi connectivity index (χ0n) is 16.0. The lowest BCUT2D eigenvalue weighted by atomic mass is 9.98. The molecule has 2 aliphatic heterocycles. The fourth-order valence-electron chi connectivity index (χ4n) is 3.94. The molecule has 0 spiro atoms. The van der Waals surface area contributed by atoms with Crippen molar-refractivity contribution in [3.8, 4) is 0 Å². The summed E-state index contributed by atoms with van der Waals surface area (Å²) in [7, 11) is 0. The van der Waals surface area contributed by atoms with Crippen molar-refractivity contribution in [2.45, 2.75) is 51.6 Å². The Hall–Kier alpha value is -1.88. The third-order valence-corrected chi connectivity index (χ3v) is 5.90. The highest BCUT2D eigenvalue weighted by molar-refractivity contribution is 5.94. The van der Waals surface area contributed by atoms with Crippen LogP contribution in [-0.4, -0.2) is 59.9 Å². The van der Waals surface area contributed by atoms with Gasteiger partial charge in [-0.15, -0.1) is 0 Å². The largest absolute Gasteiger partial charge is 0.349 e. The summed E-state index contributed by atoms with van der Waals surface area (Å²) in [6, 6.07) is 9.48. The molecule has 0 bridgehead atoms. The van der Waals surface area contributed by atoms with Gasteiger partial charge in [-0.05, 0) is 50.7 Å². The molecule has 2 aliphatic rings. The van der Waals surface area contributed by atoms with Crippen molar-refractivity contribution < 1.29 is 9.59 Å². The van der Waals surface area contributed by atoms with Gasteiger partial charge in [-0.1, -0.05) is 25.1 Å². The SMILES string of the molecule is CC1CCN(C(=O)C(C)N2CCC(NC(=O)c3ccccc3)CC2)CC1. The summed E-state index contributed by atoms with van der Waals surface area (Å²) in [6.07, 6.45) is 4.03. The topological polar surface area (TPSA) is 52.7 Å². The van der Waals surface area contributed by atoms with Crippen LogP contribution in [0.15, 0.2) is 30.3 Å². The van der Waals surface area contributed by atoms with Crippen LogP contribution in [0.1, 0.15) is 49.9 Å². The van der Waals surface area contributed by atoms with Crippen molar-refractivity contribution in [3.63, 3.8) is 0 Å². The zero-order valence-corrected chi connectivity index (χ0v) is 16.0. The summed E-state index contributed by atoms with van der Waals surface area (Å²) in [5.74, 6) is 0.998. The molecular weight excluding hydrogens is 326 g/mol. The Morgan fingerprint density at radius 1 is 1.00 bits per heavy atom. The minimum atomic E-state index is -0.0609. The van der Waals surface area contributed by atoms with Crippen molar-refractivity contribution in [1.82, 2.24) is 15.1 Å². The second-order valence-corrected chi connectivity index (χ2v) is 7.83. The van der Waals surface area contributed by atoms with Gasteiger partial charge in [0, 0.05) is 37.8 Å². The van der Waals surface area contributed by atoms with E-state index in [2.05, 4.69) is 17.1 Å². The Balaban J connectivity index is 1.45. The Bertz CT molecular complexity index is 603. The van der Waals surface area contributed by atoms with Crippen LogP contribution in [-0.2, 0) is 4.79 Å². The molecule has 0 radical (unpaired) electrons.